The zero-order chi connectivity index (χ0) is 19.1. The van der Waals surface area contributed by atoms with Crippen molar-refractivity contribution in [1.29, 1.82) is 0 Å². The molecule has 0 atom stereocenters. The number of para-hydroxylation sites is 2. The van der Waals surface area contributed by atoms with E-state index in [0.717, 1.165) is 0 Å². The minimum atomic E-state index is -0.500. The summed E-state index contributed by atoms with van der Waals surface area (Å²) in [6, 6.07) is 19.0. The maximum Gasteiger partial charge on any atom is 0.272 e. The lowest BCUT2D eigenvalue weighted by molar-refractivity contribution is -0.113. The SMILES string of the molecule is COc1ccccc1NC(=O)C(=Cc1ccco1)NC(=O)c1ccccc1. The molecule has 6 heteroatoms. The number of benzene rings is 2. The van der Waals surface area contributed by atoms with E-state index in [0.29, 0.717) is 22.8 Å². The van der Waals surface area contributed by atoms with Gasteiger partial charge in [0, 0.05) is 11.6 Å². The van der Waals surface area contributed by atoms with Gasteiger partial charge in [-0.25, -0.2) is 0 Å². The third-order valence-corrected chi connectivity index (χ3v) is 3.71. The van der Waals surface area contributed by atoms with Crippen molar-refractivity contribution in [3.63, 3.8) is 0 Å². The van der Waals surface area contributed by atoms with Crippen LogP contribution in [-0.2, 0) is 4.79 Å². The van der Waals surface area contributed by atoms with Crippen molar-refractivity contribution in [3.8, 4) is 5.75 Å². The van der Waals surface area contributed by atoms with E-state index < -0.39 is 11.8 Å². The van der Waals surface area contributed by atoms with Gasteiger partial charge in [0.05, 0.1) is 19.1 Å². The number of hydrogen-bond donors (Lipinski definition) is 2. The van der Waals surface area contributed by atoms with Crippen LogP contribution in [0.1, 0.15) is 16.1 Å². The Balaban J connectivity index is 1.86. The van der Waals surface area contributed by atoms with E-state index in [1.54, 1.807) is 60.7 Å². The normalized spacial score (nSPS) is 10.9. The van der Waals surface area contributed by atoms with Crippen LogP contribution in [0.3, 0.4) is 0 Å². The summed E-state index contributed by atoms with van der Waals surface area (Å²) in [5, 5.41) is 5.38. The zero-order valence-corrected chi connectivity index (χ0v) is 14.6. The third kappa shape index (κ3) is 4.64. The topological polar surface area (TPSA) is 80.6 Å². The first-order valence-corrected chi connectivity index (χ1v) is 8.23. The van der Waals surface area contributed by atoms with Gasteiger partial charge in [0.15, 0.2) is 0 Å². The first-order valence-electron chi connectivity index (χ1n) is 8.23. The number of carbonyl (C=O) groups is 2. The lowest BCUT2D eigenvalue weighted by atomic mass is 10.2. The smallest absolute Gasteiger partial charge is 0.272 e. The van der Waals surface area contributed by atoms with Crippen molar-refractivity contribution in [1.82, 2.24) is 5.32 Å². The van der Waals surface area contributed by atoms with E-state index in [4.69, 9.17) is 9.15 Å². The molecule has 3 aromatic rings. The summed E-state index contributed by atoms with van der Waals surface area (Å²) in [6.45, 7) is 0. The molecule has 0 spiro atoms. The number of methoxy groups -OCH3 is 1. The third-order valence-electron chi connectivity index (χ3n) is 3.71. The van der Waals surface area contributed by atoms with Crippen LogP contribution in [-0.4, -0.2) is 18.9 Å². The molecule has 0 bridgehead atoms. The van der Waals surface area contributed by atoms with Crippen molar-refractivity contribution in [2.24, 2.45) is 0 Å². The summed E-state index contributed by atoms with van der Waals surface area (Å²) < 4.78 is 10.5. The van der Waals surface area contributed by atoms with Gasteiger partial charge in [-0.15, -0.1) is 0 Å². The van der Waals surface area contributed by atoms with Crippen LogP contribution >= 0.6 is 0 Å². The van der Waals surface area contributed by atoms with E-state index in [2.05, 4.69) is 10.6 Å². The zero-order valence-electron chi connectivity index (χ0n) is 14.6. The molecule has 136 valence electrons. The average Bonchev–Trinajstić information content (AvgIpc) is 3.21. The molecule has 1 aromatic heterocycles. The summed E-state index contributed by atoms with van der Waals surface area (Å²) in [4.78, 5) is 25.3. The minimum Gasteiger partial charge on any atom is -0.495 e. The Morgan fingerprint density at radius 1 is 0.963 bits per heavy atom. The fourth-order valence-electron chi connectivity index (χ4n) is 2.40. The van der Waals surface area contributed by atoms with Gasteiger partial charge in [-0.1, -0.05) is 30.3 Å². The lowest BCUT2D eigenvalue weighted by Gasteiger charge is -2.13. The van der Waals surface area contributed by atoms with Crippen LogP contribution in [0, 0.1) is 0 Å². The molecule has 6 nitrogen and oxygen atoms in total. The van der Waals surface area contributed by atoms with Gasteiger partial charge in [0.25, 0.3) is 11.8 Å². The first-order chi connectivity index (χ1) is 13.2. The number of amides is 2. The Bertz CT molecular complexity index is 947. The number of carbonyl (C=O) groups excluding carboxylic acids is 2. The van der Waals surface area contributed by atoms with Crippen molar-refractivity contribution in [2.75, 3.05) is 12.4 Å². The predicted molar refractivity (Wildman–Crippen MR) is 102 cm³/mol. The maximum atomic E-state index is 12.8. The van der Waals surface area contributed by atoms with Gasteiger partial charge in [-0.05, 0) is 36.4 Å². The second-order valence-corrected chi connectivity index (χ2v) is 5.55. The molecule has 0 radical (unpaired) electrons. The molecule has 0 saturated heterocycles. The fraction of sp³-hybridized carbons (Fsp3) is 0.0476. The summed E-state index contributed by atoms with van der Waals surface area (Å²) >= 11 is 0. The van der Waals surface area contributed by atoms with Crippen LogP contribution in [0.15, 0.2) is 83.1 Å². The highest BCUT2D eigenvalue weighted by Crippen LogP contribution is 2.23. The molecular formula is C21H18N2O4. The van der Waals surface area contributed by atoms with Gasteiger partial charge in [-0.2, -0.15) is 0 Å². The van der Waals surface area contributed by atoms with E-state index in [-0.39, 0.29) is 5.70 Å². The first kappa shape index (κ1) is 18.0. The van der Waals surface area contributed by atoms with Crippen molar-refractivity contribution in [3.05, 3.63) is 90.0 Å². The molecule has 0 fully saturated rings. The van der Waals surface area contributed by atoms with Gasteiger partial charge in [-0.3, -0.25) is 9.59 Å². The predicted octanol–water partition coefficient (Wildman–Crippen LogP) is 3.70. The molecule has 0 saturated carbocycles. The number of hydrogen-bond acceptors (Lipinski definition) is 4. The monoisotopic (exact) mass is 362 g/mol. The van der Waals surface area contributed by atoms with Crippen molar-refractivity contribution < 1.29 is 18.7 Å². The van der Waals surface area contributed by atoms with Crippen LogP contribution in [0.5, 0.6) is 5.75 Å². The quantitative estimate of drug-likeness (QED) is 0.655. The number of ether oxygens (including phenoxy) is 1. The number of rotatable bonds is 6. The molecule has 1 heterocycles. The Labute approximate surface area is 156 Å². The Hall–Kier alpha value is -3.80. The van der Waals surface area contributed by atoms with E-state index in [9.17, 15) is 9.59 Å². The molecule has 2 N–H and O–H groups in total. The van der Waals surface area contributed by atoms with Crippen LogP contribution in [0.4, 0.5) is 5.69 Å². The maximum absolute atomic E-state index is 12.8. The summed E-state index contributed by atoms with van der Waals surface area (Å²) in [5.74, 6) is 0.0508. The molecular weight excluding hydrogens is 344 g/mol. The highest BCUT2D eigenvalue weighted by molar-refractivity contribution is 6.10. The molecule has 0 aliphatic carbocycles. The van der Waals surface area contributed by atoms with E-state index in [1.165, 1.54) is 19.4 Å². The van der Waals surface area contributed by atoms with Crippen LogP contribution < -0.4 is 15.4 Å². The summed E-state index contributed by atoms with van der Waals surface area (Å²) in [6.07, 6.45) is 2.95. The van der Waals surface area contributed by atoms with Crippen molar-refractivity contribution in [2.45, 2.75) is 0 Å². The molecule has 0 aliphatic rings. The van der Waals surface area contributed by atoms with Crippen LogP contribution in [0.2, 0.25) is 0 Å². The summed E-state index contributed by atoms with van der Waals surface area (Å²) in [7, 11) is 1.52. The van der Waals surface area contributed by atoms with Gasteiger partial charge < -0.3 is 19.8 Å². The molecule has 2 aromatic carbocycles. The van der Waals surface area contributed by atoms with E-state index in [1.807, 2.05) is 6.07 Å². The molecule has 27 heavy (non-hydrogen) atoms. The largest absolute Gasteiger partial charge is 0.495 e. The summed E-state index contributed by atoms with van der Waals surface area (Å²) in [5.41, 5.74) is 0.974. The van der Waals surface area contributed by atoms with Crippen LogP contribution in [0.25, 0.3) is 6.08 Å². The highest BCUT2D eigenvalue weighted by atomic mass is 16.5. The minimum absolute atomic E-state index is 0.0460. The van der Waals surface area contributed by atoms with Crippen molar-refractivity contribution >= 4 is 23.6 Å². The molecule has 2 amide bonds. The second kappa shape index (κ2) is 8.53. The molecule has 3 rings (SSSR count). The van der Waals surface area contributed by atoms with Gasteiger partial charge in [0.2, 0.25) is 0 Å². The number of nitrogens with one attached hydrogen (secondary N) is 2. The average molecular weight is 362 g/mol. The second-order valence-electron chi connectivity index (χ2n) is 5.55. The molecule has 0 aliphatic heterocycles. The Kier molecular flexibility index (Phi) is 5.69. The lowest BCUT2D eigenvalue weighted by Crippen LogP contribution is -2.30. The molecule has 0 unspecified atom stereocenters. The fourth-order valence-corrected chi connectivity index (χ4v) is 2.40. The Morgan fingerprint density at radius 3 is 2.41 bits per heavy atom. The number of anilines is 1. The number of furan rings is 1. The van der Waals surface area contributed by atoms with E-state index >= 15 is 0 Å². The van der Waals surface area contributed by atoms with Gasteiger partial charge in [0.1, 0.15) is 17.2 Å². The standard InChI is InChI=1S/C21H18N2O4/c1-26-19-12-6-5-11-17(19)22-21(25)18(14-16-10-7-13-27-16)23-20(24)15-8-3-2-4-9-15/h2-14H,1H3,(H,22,25)(H,23,24). The Morgan fingerprint density at radius 2 is 1.70 bits per heavy atom. The van der Waals surface area contributed by atoms with Gasteiger partial charge >= 0.3 is 0 Å². The highest BCUT2D eigenvalue weighted by Gasteiger charge is 2.16.